The van der Waals surface area contributed by atoms with E-state index in [4.69, 9.17) is 0 Å². The zero-order valence-electron chi connectivity index (χ0n) is 16.3. The summed E-state index contributed by atoms with van der Waals surface area (Å²) in [5, 5.41) is 4.33. The van der Waals surface area contributed by atoms with E-state index in [1.54, 1.807) is 11.9 Å². The molecule has 1 N–H and O–H groups in total. The van der Waals surface area contributed by atoms with Crippen molar-refractivity contribution in [3.63, 3.8) is 0 Å². The third-order valence-corrected chi connectivity index (χ3v) is 5.89. The molecule has 1 aromatic heterocycles. The first-order valence-corrected chi connectivity index (χ1v) is 9.79. The van der Waals surface area contributed by atoms with Gasteiger partial charge in [-0.2, -0.15) is 0 Å². The molecule has 0 unspecified atom stereocenters. The summed E-state index contributed by atoms with van der Waals surface area (Å²) in [4.78, 5) is 28.6. The van der Waals surface area contributed by atoms with Crippen LogP contribution in [0.3, 0.4) is 0 Å². The van der Waals surface area contributed by atoms with Gasteiger partial charge in [-0.15, -0.1) is 0 Å². The Morgan fingerprint density at radius 3 is 2.78 bits per heavy atom. The minimum absolute atomic E-state index is 0.0387. The van der Waals surface area contributed by atoms with E-state index >= 15 is 0 Å². The third-order valence-electron chi connectivity index (χ3n) is 5.89. The number of carbonyl (C=O) groups is 2. The van der Waals surface area contributed by atoms with Crippen LogP contribution in [0.15, 0.2) is 30.5 Å². The van der Waals surface area contributed by atoms with Crippen molar-refractivity contribution in [2.45, 2.75) is 38.9 Å². The van der Waals surface area contributed by atoms with E-state index < -0.39 is 0 Å². The van der Waals surface area contributed by atoms with Gasteiger partial charge in [-0.25, -0.2) is 0 Å². The average Bonchev–Trinajstić information content (AvgIpc) is 2.96. The lowest BCUT2D eigenvalue weighted by molar-refractivity contribution is -0.136. The van der Waals surface area contributed by atoms with Crippen LogP contribution in [0.5, 0.6) is 0 Å². The first-order chi connectivity index (χ1) is 12.9. The highest BCUT2D eigenvalue weighted by Crippen LogP contribution is 2.28. The maximum absolute atomic E-state index is 12.7. The molecule has 2 fully saturated rings. The zero-order chi connectivity index (χ0) is 19.1. The molecule has 1 aromatic carbocycles. The Kier molecular flexibility index (Phi) is 4.68. The van der Waals surface area contributed by atoms with Crippen LogP contribution in [0.4, 0.5) is 0 Å². The fraction of sp³-hybridized carbons (Fsp3) is 0.524. The molecule has 3 heterocycles. The number of nitrogens with zero attached hydrogens (tertiary/aromatic N) is 3. The predicted molar refractivity (Wildman–Crippen MR) is 105 cm³/mol. The Hall–Kier alpha value is -2.34. The molecule has 2 saturated heterocycles. The molecule has 0 radical (unpaired) electrons. The second kappa shape index (κ2) is 7.00. The van der Waals surface area contributed by atoms with Gasteiger partial charge in [0, 0.05) is 55.9 Å². The van der Waals surface area contributed by atoms with Gasteiger partial charge in [-0.1, -0.05) is 18.2 Å². The van der Waals surface area contributed by atoms with E-state index in [0.717, 1.165) is 19.5 Å². The fourth-order valence-corrected chi connectivity index (χ4v) is 4.49. The second-order valence-electron chi connectivity index (χ2n) is 8.17. The molecule has 6 nitrogen and oxygen atoms in total. The minimum atomic E-state index is -0.159. The van der Waals surface area contributed by atoms with Crippen molar-refractivity contribution in [3.05, 3.63) is 36.0 Å². The first kappa shape index (κ1) is 18.0. The lowest BCUT2D eigenvalue weighted by Gasteiger charge is -2.37. The van der Waals surface area contributed by atoms with Crippen LogP contribution in [0.1, 0.15) is 31.9 Å². The summed E-state index contributed by atoms with van der Waals surface area (Å²) in [6.45, 7) is 6.96. The van der Waals surface area contributed by atoms with Crippen molar-refractivity contribution in [2.24, 2.45) is 5.92 Å². The largest absolute Gasteiger partial charge is 0.351 e. The molecule has 144 valence electrons. The van der Waals surface area contributed by atoms with Crippen molar-refractivity contribution in [2.75, 3.05) is 26.7 Å². The Balaban J connectivity index is 1.57. The van der Waals surface area contributed by atoms with Gasteiger partial charge in [0.2, 0.25) is 11.8 Å². The van der Waals surface area contributed by atoms with Gasteiger partial charge in [0.15, 0.2) is 0 Å². The molecule has 0 bridgehead atoms. The third kappa shape index (κ3) is 3.34. The van der Waals surface area contributed by atoms with Crippen molar-refractivity contribution in [1.29, 1.82) is 0 Å². The first-order valence-electron chi connectivity index (χ1n) is 9.79. The van der Waals surface area contributed by atoms with Crippen LogP contribution in [0.2, 0.25) is 0 Å². The number of para-hydroxylation sites is 1. The number of hydrogen-bond donors (Lipinski definition) is 1. The lowest BCUT2D eigenvalue weighted by atomic mass is 9.91. The van der Waals surface area contributed by atoms with Gasteiger partial charge < -0.3 is 14.8 Å². The van der Waals surface area contributed by atoms with E-state index in [0.29, 0.717) is 12.6 Å². The molecule has 0 aliphatic carbocycles. The predicted octanol–water partition coefficient (Wildman–Crippen LogP) is 2.00. The molecule has 0 saturated carbocycles. The van der Waals surface area contributed by atoms with Crippen molar-refractivity contribution in [1.82, 2.24) is 19.7 Å². The molecule has 2 aliphatic rings. The van der Waals surface area contributed by atoms with Gasteiger partial charge in [-0.05, 0) is 31.9 Å². The van der Waals surface area contributed by atoms with Crippen molar-refractivity contribution >= 4 is 22.7 Å². The SMILES string of the molecule is CC(C)n1cc(CN2CC[C@H]3NC(=O)CN(C)C(=O)[C@H]3C2)c2ccccc21. The summed E-state index contributed by atoms with van der Waals surface area (Å²) >= 11 is 0. The summed E-state index contributed by atoms with van der Waals surface area (Å²) < 4.78 is 2.32. The van der Waals surface area contributed by atoms with Gasteiger partial charge >= 0.3 is 0 Å². The number of benzene rings is 1. The van der Waals surface area contributed by atoms with Crippen molar-refractivity contribution < 1.29 is 9.59 Å². The lowest BCUT2D eigenvalue weighted by Crippen LogP contribution is -2.52. The monoisotopic (exact) mass is 368 g/mol. The maximum atomic E-state index is 12.7. The number of nitrogens with one attached hydrogen (secondary N) is 1. The summed E-state index contributed by atoms with van der Waals surface area (Å²) in [6.07, 6.45) is 3.07. The highest BCUT2D eigenvalue weighted by atomic mass is 16.2. The van der Waals surface area contributed by atoms with E-state index in [9.17, 15) is 9.59 Å². The van der Waals surface area contributed by atoms with Gasteiger partial charge in [-0.3, -0.25) is 14.5 Å². The summed E-state index contributed by atoms with van der Waals surface area (Å²) in [7, 11) is 1.72. The average molecular weight is 368 g/mol. The van der Waals surface area contributed by atoms with Gasteiger partial charge in [0.1, 0.15) is 0 Å². The summed E-state index contributed by atoms with van der Waals surface area (Å²) in [5.41, 5.74) is 2.56. The number of hydrogen-bond acceptors (Lipinski definition) is 3. The quantitative estimate of drug-likeness (QED) is 0.902. The van der Waals surface area contributed by atoms with Gasteiger partial charge in [0.05, 0.1) is 12.5 Å². The number of rotatable bonds is 3. The molecule has 27 heavy (non-hydrogen) atoms. The molecule has 2 aromatic rings. The molecular formula is C21H28N4O2. The number of likely N-dealkylation sites (tertiary alicyclic amines) is 1. The smallest absolute Gasteiger partial charge is 0.239 e. The maximum Gasteiger partial charge on any atom is 0.239 e. The number of carbonyl (C=O) groups excluding carboxylic acids is 2. The standard InChI is InChI=1S/C21H28N4O2/c1-14(2)25-11-15(16-6-4-5-7-19(16)25)10-24-9-8-18-17(12-24)21(27)23(3)13-20(26)22-18/h4-7,11,14,17-18H,8-10,12-13H2,1-3H3,(H,22,26)/t17-,18+/m0/s1. The Labute approximate surface area is 160 Å². The van der Waals surface area contributed by atoms with Gasteiger partial charge in [0.25, 0.3) is 0 Å². The fourth-order valence-electron chi connectivity index (χ4n) is 4.49. The molecule has 6 heteroatoms. The van der Waals surface area contributed by atoms with Crippen molar-refractivity contribution in [3.8, 4) is 0 Å². The summed E-state index contributed by atoms with van der Waals surface area (Å²) in [5.74, 6) is -0.131. The Morgan fingerprint density at radius 2 is 2.00 bits per heavy atom. The molecule has 4 rings (SSSR count). The van der Waals surface area contributed by atoms with Crippen LogP contribution in [0, 0.1) is 5.92 Å². The van der Waals surface area contributed by atoms with Crippen LogP contribution in [-0.2, 0) is 16.1 Å². The van der Waals surface area contributed by atoms with E-state index in [1.807, 2.05) is 0 Å². The highest BCUT2D eigenvalue weighted by Gasteiger charge is 2.39. The second-order valence-corrected chi connectivity index (χ2v) is 8.17. The summed E-state index contributed by atoms with van der Waals surface area (Å²) in [6, 6.07) is 8.89. The molecular weight excluding hydrogens is 340 g/mol. The minimum Gasteiger partial charge on any atom is -0.351 e. The normalized spacial score (nSPS) is 24.2. The van der Waals surface area contributed by atoms with Crippen LogP contribution in [0.25, 0.3) is 10.9 Å². The topological polar surface area (TPSA) is 57.6 Å². The number of fused-ring (bicyclic) bond motifs is 2. The molecule has 2 atom stereocenters. The molecule has 2 amide bonds. The number of piperidine rings is 1. The highest BCUT2D eigenvalue weighted by molar-refractivity contribution is 5.89. The Morgan fingerprint density at radius 1 is 1.22 bits per heavy atom. The zero-order valence-corrected chi connectivity index (χ0v) is 16.3. The number of likely N-dealkylation sites (N-methyl/N-ethyl adjacent to an activating group) is 1. The van der Waals surface area contributed by atoms with Crippen LogP contribution >= 0.6 is 0 Å². The number of amides is 2. The van der Waals surface area contributed by atoms with E-state index in [2.05, 4.69) is 59.1 Å². The molecule has 0 spiro atoms. The molecule has 2 aliphatic heterocycles. The van der Waals surface area contributed by atoms with Crippen LogP contribution in [-0.4, -0.2) is 58.9 Å². The van der Waals surface area contributed by atoms with E-state index in [-0.39, 0.29) is 30.3 Å². The number of aromatic nitrogens is 1. The van der Waals surface area contributed by atoms with Crippen LogP contribution < -0.4 is 5.32 Å². The van der Waals surface area contributed by atoms with E-state index in [1.165, 1.54) is 16.5 Å². The Bertz CT molecular complexity index is 872.